The Hall–Kier alpha value is -2.43. The summed E-state index contributed by atoms with van der Waals surface area (Å²) in [6.07, 6.45) is 4.19. The number of nitrogens with zero attached hydrogens (tertiary/aromatic N) is 4. The summed E-state index contributed by atoms with van der Waals surface area (Å²) in [6.45, 7) is 9.38. The van der Waals surface area contributed by atoms with Gasteiger partial charge in [-0.3, -0.25) is 4.79 Å². The van der Waals surface area contributed by atoms with E-state index < -0.39 is 0 Å². The molecule has 0 N–H and O–H groups in total. The first-order chi connectivity index (χ1) is 12.0. The van der Waals surface area contributed by atoms with Gasteiger partial charge in [0, 0.05) is 26.2 Å². The number of hydrogen-bond donors (Lipinski definition) is 0. The first-order valence-corrected chi connectivity index (χ1v) is 8.93. The van der Waals surface area contributed by atoms with Gasteiger partial charge in [0.25, 0.3) is 0 Å². The molecule has 0 aliphatic carbocycles. The van der Waals surface area contributed by atoms with Gasteiger partial charge in [0.2, 0.25) is 5.91 Å². The molecule has 132 valence electrons. The summed E-state index contributed by atoms with van der Waals surface area (Å²) in [5.74, 6) is 1.50. The number of benzene rings is 1. The standard InChI is InChI=1S/C20H26N4O/c1-15(2)18-6-4-17(5-7-18)12-20(25)24-10-8-23(9-11-24)19-13-21-16(3)22-14-19/h4-7,13-15H,8-12H2,1-3H3. The Bertz CT molecular complexity index is 701. The third-order valence-corrected chi connectivity index (χ3v) is 4.77. The van der Waals surface area contributed by atoms with E-state index in [-0.39, 0.29) is 5.91 Å². The van der Waals surface area contributed by atoms with Gasteiger partial charge >= 0.3 is 0 Å². The van der Waals surface area contributed by atoms with Crippen molar-refractivity contribution in [2.24, 2.45) is 0 Å². The Kier molecular flexibility index (Phi) is 5.31. The Morgan fingerprint density at radius 1 is 1.04 bits per heavy atom. The van der Waals surface area contributed by atoms with E-state index >= 15 is 0 Å². The molecule has 2 aromatic rings. The minimum absolute atomic E-state index is 0.206. The molecule has 0 spiro atoms. The van der Waals surface area contributed by atoms with Crippen molar-refractivity contribution in [2.75, 3.05) is 31.1 Å². The van der Waals surface area contributed by atoms with Crippen LogP contribution in [0.1, 0.15) is 36.7 Å². The van der Waals surface area contributed by atoms with Gasteiger partial charge in [-0.05, 0) is 24.0 Å². The summed E-state index contributed by atoms with van der Waals surface area (Å²) in [5.41, 5.74) is 3.43. The molecule has 2 heterocycles. The molecular weight excluding hydrogens is 312 g/mol. The van der Waals surface area contributed by atoms with Gasteiger partial charge in [-0.1, -0.05) is 38.1 Å². The average Bonchev–Trinajstić information content (AvgIpc) is 2.63. The summed E-state index contributed by atoms with van der Waals surface area (Å²) in [5, 5.41) is 0. The highest BCUT2D eigenvalue weighted by molar-refractivity contribution is 5.79. The van der Waals surface area contributed by atoms with Crippen LogP contribution in [-0.4, -0.2) is 47.0 Å². The summed E-state index contributed by atoms with van der Waals surface area (Å²) in [7, 11) is 0. The summed E-state index contributed by atoms with van der Waals surface area (Å²) >= 11 is 0. The zero-order chi connectivity index (χ0) is 17.8. The molecule has 5 nitrogen and oxygen atoms in total. The van der Waals surface area contributed by atoms with E-state index in [0.29, 0.717) is 12.3 Å². The van der Waals surface area contributed by atoms with Crippen molar-refractivity contribution in [3.63, 3.8) is 0 Å². The Morgan fingerprint density at radius 3 is 2.20 bits per heavy atom. The highest BCUT2D eigenvalue weighted by Crippen LogP contribution is 2.17. The highest BCUT2D eigenvalue weighted by Gasteiger charge is 2.21. The molecule has 0 unspecified atom stereocenters. The number of anilines is 1. The molecule has 1 aliphatic rings. The molecule has 1 saturated heterocycles. The van der Waals surface area contributed by atoms with E-state index in [1.165, 1.54) is 5.56 Å². The number of aromatic nitrogens is 2. The third-order valence-electron chi connectivity index (χ3n) is 4.77. The van der Waals surface area contributed by atoms with E-state index in [2.05, 4.69) is 53.0 Å². The number of carbonyl (C=O) groups is 1. The first kappa shape index (κ1) is 17.4. The maximum absolute atomic E-state index is 12.6. The number of aryl methyl sites for hydroxylation is 1. The lowest BCUT2D eigenvalue weighted by molar-refractivity contribution is -0.130. The molecule has 0 radical (unpaired) electrons. The molecule has 1 fully saturated rings. The molecular formula is C20H26N4O. The minimum Gasteiger partial charge on any atom is -0.365 e. The maximum Gasteiger partial charge on any atom is 0.227 e. The molecule has 5 heteroatoms. The van der Waals surface area contributed by atoms with E-state index in [1.807, 2.05) is 24.2 Å². The summed E-state index contributed by atoms with van der Waals surface area (Å²) in [6, 6.07) is 8.41. The lowest BCUT2D eigenvalue weighted by Gasteiger charge is -2.35. The zero-order valence-corrected chi connectivity index (χ0v) is 15.3. The first-order valence-electron chi connectivity index (χ1n) is 8.93. The predicted molar refractivity (Wildman–Crippen MR) is 99.8 cm³/mol. The number of amides is 1. The van der Waals surface area contributed by atoms with Crippen molar-refractivity contribution in [2.45, 2.75) is 33.1 Å². The maximum atomic E-state index is 12.6. The number of hydrogen-bond acceptors (Lipinski definition) is 4. The van der Waals surface area contributed by atoms with Gasteiger partial charge in [0.1, 0.15) is 5.82 Å². The molecule has 1 amide bonds. The molecule has 0 saturated carbocycles. The van der Waals surface area contributed by atoms with Crippen LogP contribution < -0.4 is 4.90 Å². The number of carbonyl (C=O) groups excluding carboxylic acids is 1. The summed E-state index contributed by atoms with van der Waals surface area (Å²) in [4.78, 5) is 25.3. The van der Waals surface area contributed by atoms with Crippen LogP contribution in [0.2, 0.25) is 0 Å². The fourth-order valence-electron chi connectivity index (χ4n) is 3.07. The fourth-order valence-corrected chi connectivity index (χ4v) is 3.07. The van der Waals surface area contributed by atoms with E-state index in [1.54, 1.807) is 0 Å². The average molecular weight is 338 g/mol. The normalized spacial score (nSPS) is 14.9. The molecule has 1 aliphatic heterocycles. The minimum atomic E-state index is 0.206. The number of piperazine rings is 1. The second-order valence-corrected chi connectivity index (χ2v) is 6.93. The van der Waals surface area contributed by atoms with Crippen LogP contribution in [0.3, 0.4) is 0 Å². The molecule has 1 aromatic heterocycles. The summed E-state index contributed by atoms with van der Waals surface area (Å²) < 4.78 is 0. The Labute approximate surface area is 149 Å². The zero-order valence-electron chi connectivity index (χ0n) is 15.3. The highest BCUT2D eigenvalue weighted by atomic mass is 16.2. The lowest BCUT2D eigenvalue weighted by Crippen LogP contribution is -2.49. The molecule has 3 rings (SSSR count). The second kappa shape index (κ2) is 7.64. The van der Waals surface area contributed by atoms with Gasteiger partial charge in [0.05, 0.1) is 24.5 Å². The van der Waals surface area contributed by atoms with Crippen LogP contribution in [0.25, 0.3) is 0 Å². The van der Waals surface area contributed by atoms with Crippen molar-refractivity contribution in [3.05, 3.63) is 53.6 Å². The third kappa shape index (κ3) is 4.35. The molecule has 25 heavy (non-hydrogen) atoms. The van der Waals surface area contributed by atoms with Gasteiger partial charge in [-0.25, -0.2) is 9.97 Å². The Balaban J connectivity index is 1.53. The van der Waals surface area contributed by atoms with E-state index in [4.69, 9.17) is 0 Å². The van der Waals surface area contributed by atoms with Crippen LogP contribution in [0.4, 0.5) is 5.69 Å². The Morgan fingerprint density at radius 2 is 1.64 bits per heavy atom. The van der Waals surface area contributed by atoms with E-state index in [9.17, 15) is 4.79 Å². The predicted octanol–water partition coefficient (Wildman–Crippen LogP) is 2.80. The van der Waals surface area contributed by atoms with Gasteiger partial charge in [-0.15, -0.1) is 0 Å². The van der Waals surface area contributed by atoms with Gasteiger partial charge < -0.3 is 9.80 Å². The SMILES string of the molecule is Cc1ncc(N2CCN(C(=O)Cc3ccc(C(C)C)cc3)CC2)cn1. The largest absolute Gasteiger partial charge is 0.365 e. The monoisotopic (exact) mass is 338 g/mol. The fraction of sp³-hybridized carbons (Fsp3) is 0.450. The van der Waals surface area contributed by atoms with Gasteiger partial charge in [0.15, 0.2) is 0 Å². The smallest absolute Gasteiger partial charge is 0.227 e. The number of rotatable bonds is 4. The van der Waals surface area contributed by atoms with Crippen molar-refractivity contribution in [3.8, 4) is 0 Å². The molecule has 1 aromatic carbocycles. The van der Waals surface area contributed by atoms with Crippen LogP contribution in [-0.2, 0) is 11.2 Å². The van der Waals surface area contributed by atoms with Crippen LogP contribution >= 0.6 is 0 Å². The van der Waals surface area contributed by atoms with Crippen LogP contribution in [0.5, 0.6) is 0 Å². The topological polar surface area (TPSA) is 49.3 Å². The van der Waals surface area contributed by atoms with Crippen molar-refractivity contribution < 1.29 is 4.79 Å². The van der Waals surface area contributed by atoms with Crippen molar-refractivity contribution in [1.82, 2.24) is 14.9 Å². The quantitative estimate of drug-likeness (QED) is 0.860. The molecule has 0 atom stereocenters. The van der Waals surface area contributed by atoms with Crippen molar-refractivity contribution >= 4 is 11.6 Å². The van der Waals surface area contributed by atoms with E-state index in [0.717, 1.165) is 43.3 Å². The van der Waals surface area contributed by atoms with Gasteiger partial charge in [-0.2, -0.15) is 0 Å². The van der Waals surface area contributed by atoms with Crippen LogP contribution in [0, 0.1) is 6.92 Å². The van der Waals surface area contributed by atoms with Crippen LogP contribution in [0.15, 0.2) is 36.7 Å². The second-order valence-electron chi connectivity index (χ2n) is 6.93. The molecule has 0 bridgehead atoms. The lowest BCUT2D eigenvalue weighted by atomic mass is 10.0. The van der Waals surface area contributed by atoms with Crippen molar-refractivity contribution in [1.29, 1.82) is 0 Å².